The van der Waals surface area contributed by atoms with Crippen molar-refractivity contribution in [1.29, 1.82) is 0 Å². The molecule has 4 rings (SSSR count). The van der Waals surface area contributed by atoms with Gasteiger partial charge in [-0.25, -0.2) is 8.42 Å². The number of benzene rings is 1. The fraction of sp³-hybridized carbons (Fsp3) is 0.381. The molecule has 1 aromatic heterocycles. The van der Waals surface area contributed by atoms with Crippen LogP contribution in [0.3, 0.4) is 0 Å². The SMILES string of the molecule is CC1(NC(=O)c2ccc3c(c2)C(C)(C)C(=O)N3c2cncc(SC(F)F)c2)CS(=O)(=O)C1. The molecule has 0 radical (unpaired) electrons. The van der Waals surface area contributed by atoms with E-state index in [-0.39, 0.29) is 22.3 Å². The molecular formula is C21H21F2N3O4S2. The zero-order valence-corrected chi connectivity index (χ0v) is 19.2. The molecule has 3 heterocycles. The predicted octanol–water partition coefficient (Wildman–Crippen LogP) is 3.27. The molecule has 32 heavy (non-hydrogen) atoms. The zero-order chi connectivity index (χ0) is 23.5. The first kappa shape index (κ1) is 22.7. The normalized spacial score (nSPS) is 20.1. The van der Waals surface area contributed by atoms with Gasteiger partial charge in [-0.1, -0.05) is 11.8 Å². The Kier molecular flexibility index (Phi) is 5.32. The van der Waals surface area contributed by atoms with Crippen LogP contribution in [0.1, 0.15) is 36.7 Å². The second-order valence-corrected chi connectivity index (χ2v) is 11.9. The first-order chi connectivity index (χ1) is 14.8. The van der Waals surface area contributed by atoms with Crippen molar-refractivity contribution in [2.75, 3.05) is 16.4 Å². The van der Waals surface area contributed by atoms with Crippen LogP contribution < -0.4 is 10.2 Å². The van der Waals surface area contributed by atoms with E-state index in [1.165, 1.54) is 23.4 Å². The molecule has 0 unspecified atom stereocenters. The molecule has 0 bridgehead atoms. The average Bonchev–Trinajstić information content (AvgIpc) is 2.85. The van der Waals surface area contributed by atoms with E-state index < -0.39 is 32.5 Å². The van der Waals surface area contributed by atoms with E-state index in [0.29, 0.717) is 34.3 Å². The molecule has 0 saturated carbocycles. The van der Waals surface area contributed by atoms with E-state index in [9.17, 15) is 26.8 Å². The topological polar surface area (TPSA) is 96.4 Å². The minimum Gasteiger partial charge on any atom is -0.345 e. The van der Waals surface area contributed by atoms with Gasteiger partial charge < -0.3 is 5.32 Å². The van der Waals surface area contributed by atoms with Gasteiger partial charge in [0, 0.05) is 16.7 Å². The molecule has 2 aliphatic heterocycles. The Bertz CT molecular complexity index is 1220. The van der Waals surface area contributed by atoms with Crippen molar-refractivity contribution in [2.24, 2.45) is 0 Å². The summed E-state index contributed by atoms with van der Waals surface area (Å²) in [7, 11) is -3.12. The van der Waals surface area contributed by atoms with Crippen molar-refractivity contribution >= 4 is 44.8 Å². The molecule has 2 aliphatic rings. The van der Waals surface area contributed by atoms with Crippen LogP contribution in [0.2, 0.25) is 0 Å². The molecule has 1 fully saturated rings. The molecule has 2 aromatic rings. The number of sulfone groups is 1. The van der Waals surface area contributed by atoms with Gasteiger partial charge in [0.2, 0.25) is 5.91 Å². The van der Waals surface area contributed by atoms with Crippen LogP contribution in [0, 0.1) is 0 Å². The van der Waals surface area contributed by atoms with Crippen LogP contribution in [0.15, 0.2) is 41.6 Å². The van der Waals surface area contributed by atoms with Crippen LogP contribution in [-0.2, 0) is 20.0 Å². The molecule has 1 N–H and O–H groups in total. The molecule has 0 aliphatic carbocycles. The number of alkyl halides is 2. The van der Waals surface area contributed by atoms with Crippen LogP contribution in [-0.4, -0.2) is 48.0 Å². The molecule has 1 aromatic carbocycles. The lowest BCUT2D eigenvalue weighted by molar-refractivity contribution is -0.121. The number of carbonyl (C=O) groups is 2. The van der Waals surface area contributed by atoms with Crippen LogP contribution in [0.5, 0.6) is 0 Å². The van der Waals surface area contributed by atoms with Gasteiger partial charge in [-0.3, -0.25) is 19.5 Å². The molecule has 170 valence electrons. The molecule has 2 amide bonds. The van der Waals surface area contributed by atoms with Crippen molar-refractivity contribution in [3.05, 3.63) is 47.8 Å². The molecular weight excluding hydrogens is 460 g/mol. The number of carbonyl (C=O) groups excluding carboxylic acids is 2. The first-order valence-electron chi connectivity index (χ1n) is 9.73. The van der Waals surface area contributed by atoms with Crippen molar-refractivity contribution in [1.82, 2.24) is 10.3 Å². The second kappa shape index (κ2) is 7.51. The summed E-state index contributed by atoms with van der Waals surface area (Å²) in [6.45, 7) is 5.12. The molecule has 1 saturated heterocycles. The third-order valence-electron chi connectivity index (χ3n) is 5.59. The Morgan fingerprint density at radius 1 is 1.19 bits per heavy atom. The predicted molar refractivity (Wildman–Crippen MR) is 117 cm³/mol. The maximum atomic E-state index is 13.2. The summed E-state index contributed by atoms with van der Waals surface area (Å²) in [6, 6.07) is 6.27. The second-order valence-electron chi connectivity index (χ2n) is 8.80. The number of amides is 2. The van der Waals surface area contributed by atoms with E-state index in [1.807, 2.05) is 0 Å². The smallest absolute Gasteiger partial charge is 0.288 e. The third-order valence-corrected chi connectivity index (χ3v) is 8.41. The van der Waals surface area contributed by atoms with Crippen molar-refractivity contribution in [3.63, 3.8) is 0 Å². The van der Waals surface area contributed by atoms with Gasteiger partial charge in [0.05, 0.1) is 40.0 Å². The van der Waals surface area contributed by atoms with Crippen LogP contribution in [0.25, 0.3) is 0 Å². The van der Waals surface area contributed by atoms with Crippen molar-refractivity contribution in [3.8, 4) is 0 Å². The number of hydrogen-bond donors (Lipinski definition) is 1. The molecule has 7 nitrogen and oxygen atoms in total. The van der Waals surface area contributed by atoms with Gasteiger partial charge in [0.15, 0.2) is 9.84 Å². The number of nitrogens with zero attached hydrogens (tertiary/aromatic N) is 2. The number of anilines is 2. The number of nitrogens with one attached hydrogen (secondary N) is 1. The number of fused-ring (bicyclic) bond motifs is 1. The highest BCUT2D eigenvalue weighted by Gasteiger charge is 2.47. The molecule has 0 spiro atoms. The van der Waals surface area contributed by atoms with Crippen molar-refractivity contribution in [2.45, 2.75) is 42.4 Å². The maximum Gasteiger partial charge on any atom is 0.288 e. The van der Waals surface area contributed by atoms with E-state index in [1.54, 1.807) is 39.0 Å². The lowest BCUT2D eigenvalue weighted by Crippen LogP contribution is -2.63. The Morgan fingerprint density at radius 3 is 2.50 bits per heavy atom. The average molecular weight is 482 g/mol. The Morgan fingerprint density at radius 2 is 1.88 bits per heavy atom. The number of aromatic nitrogens is 1. The van der Waals surface area contributed by atoms with Gasteiger partial charge in [0.25, 0.3) is 11.7 Å². The fourth-order valence-electron chi connectivity index (χ4n) is 4.18. The Hall–Kier alpha value is -2.53. The summed E-state index contributed by atoms with van der Waals surface area (Å²) in [5.41, 5.74) is 0.0135. The maximum absolute atomic E-state index is 13.2. The van der Waals surface area contributed by atoms with Gasteiger partial charge in [0.1, 0.15) is 0 Å². The highest BCUT2D eigenvalue weighted by Crippen LogP contribution is 2.46. The summed E-state index contributed by atoms with van der Waals surface area (Å²) in [6.07, 6.45) is 2.73. The summed E-state index contributed by atoms with van der Waals surface area (Å²) in [4.78, 5) is 31.6. The monoisotopic (exact) mass is 481 g/mol. The van der Waals surface area contributed by atoms with Crippen LogP contribution in [0.4, 0.5) is 20.2 Å². The third kappa shape index (κ3) is 3.99. The summed E-state index contributed by atoms with van der Waals surface area (Å²) in [5, 5.41) is 2.76. The standard InChI is InChI=1S/C21H21F2N3O4S2/c1-20(2)15-6-12(17(27)25-21(3)10-32(29,30)11-21)4-5-16(15)26(18(20)28)13-7-14(9-24-8-13)31-19(22)23/h4-9,19H,10-11H2,1-3H3,(H,25,27). The zero-order valence-electron chi connectivity index (χ0n) is 17.6. The summed E-state index contributed by atoms with van der Waals surface area (Å²) < 4.78 is 48.5. The van der Waals surface area contributed by atoms with Crippen LogP contribution >= 0.6 is 11.8 Å². The van der Waals surface area contributed by atoms with Gasteiger partial charge in [-0.2, -0.15) is 8.78 Å². The molecule has 0 atom stereocenters. The molecule has 11 heteroatoms. The quantitative estimate of drug-likeness (QED) is 0.659. The van der Waals surface area contributed by atoms with Gasteiger partial charge in [-0.15, -0.1) is 0 Å². The lowest BCUT2D eigenvalue weighted by atomic mass is 9.85. The number of rotatable bonds is 5. The van der Waals surface area contributed by atoms with Crippen molar-refractivity contribution < 1.29 is 26.8 Å². The largest absolute Gasteiger partial charge is 0.345 e. The first-order valence-corrected chi connectivity index (χ1v) is 12.4. The van der Waals surface area contributed by atoms with E-state index in [2.05, 4.69) is 10.3 Å². The van der Waals surface area contributed by atoms with Gasteiger partial charge in [-0.05, 0) is 50.6 Å². The fourth-order valence-corrected chi connectivity index (χ4v) is 6.69. The highest BCUT2D eigenvalue weighted by molar-refractivity contribution is 7.99. The lowest BCUT2D eigenvalue weighted by Gasteiger charge is -2.38. The Balaban J connectivity index is 1.66. The Labute approximate surface area is 188 Å². The number of pyridine rings is 1. The van der Waals surface area contributed by atoms with E-state index in [0.717, 1.165) is 0 Å². The summed E-state index contributed by atoms with van der Waals surface area (Å²) >= 11 is 0.343. The minimum atomic E-state index is -3.12. The minimum absolute atomic E-state index is 0.117. The van der Waals surface area contributed by atoms with E-state index in [4.69, 9.17) is 0 Å². The number of hydrogen-bond acceptors (Lipinski definition) is 6. The number of halogens is 2. The number of thioether (sulfide) groups is 1. The van der Waals surface area contributed by atoms with E-state index >= 15 is 0 Å². The van der Waals surface area contributed by atoms with Gasteiger partial charge >= 0.3 is 0 Å². The summed E-state index contributed by atoms with van der Waals surface area (Å²) in [5.74, 6) is -3.55. The highest BCUT2D eigenvalue weighted by atomic mass is 32.2.